The summed E-state index contributed by atoms with van der Waals surface area (Å²) in [6, 6.07) is 9.01. The van der Waals surface area contributed by atoms with E-state index in [4.69, 9.17) is 10.4 Å². The Morgan fingerprint density at radius 1 is 1.45 bits per heavy atom. The van der Waals surface area contributed by atoms with Crippen LogP contribution in [0.2, 0.25) is 0 Å². The van der Waals surface area contributed by atoms with Crippen LogP contribution in [0.1, 0.15) is 28.8 Å². The fourth-order valence-electron chi connectivity index (χ4n) is 2.45. The number of nitrogens with zero attached hydrogens (tertiary/aromatic N) is 2. The minimum absolute atomic E-state index is 0.157. The van der Waals surface area contributed by atoms with Gasteiger partial charge in [-0.25, -0.2) is 0 Å². The highest BCUT2D eigenvalue weighted by molar-refractivity contribution is 5.94. The van der Waals surface area contributed by atoms with E-state index in [1.807, 2.05) is 6.07 Å². The fourth-order valence-corrected chi connectivity index (χ4v) is 2.45. The van der Waals surface area contributed by atoms with Gasteiger partial charge in [0.2, 0.25) is 0 Å². The molecule has 1 amide bonds. The maximum Gasteiger partial charge on any atom is 0.308 e. The van der Waals surface area contributed by atoms with Crippen LogP contribution < -0.4 is 0 Å². The molecular formula is C15H16N2O3. The number of rotatable bonds is 3. The van der Waals surface area contributed by atoms with E-state index in [1.165, 1.54) is 0 Å². The molecule has 1 N–H and O–H groups in total. The topological polar surface area (TPSA) is 81.4 Å². The highest BCUT2D eigenvalue weighted by Crippen LogP contribution is 2.19. The average molecular weight is 272 g/mol. The first-order valence-corrected chi connectivity index (χ1v) is 6.60. The van der Waals surface area contributed by atoms with Crippen molar-refractivity contribution < 1.29 is 14.7 Å². The molecule has 0 radical (unpaired) electrons. The second kappa shape index (κ2) is 6.20. The molecule has 0 aromatic heterocycles. The standard InChI is InChI=1S/C15H16N2O3/c16-7-6-11-3-1-4-12(9-11)14(18)17-8-2-5-13(10-17)15(19)20/h1,3-4,9,13H,2,5-6,8,10H2,(H,19,20)/t13-/m1/s1. The third-order valence-corrected chi connectivity index (χ3v) is 3.51. The number of carbonyl (C=O) groups excluding carboxylic acids is 1. The van der Waals surface area contributed by atoms with Gasteiger partial charge in [-0.15, -0.1) is 0 Å². The Morgan fingerprint density at radius 3 is 2.95 bits per heavy atom. The molecule has 1 saturated heterocycles. The van der Waals surface area contributed by atoms with Gasteiger partial charge in [0.1, 0.15) is 0 Å². The monoisotopic (exact) mass is 272 g/mol. The zero-order valence-corrected chi connectivity index (χ0v) is 11.1. The number of nitriles is 1. The number of amides is 1. The second-order valence-corrected chi connectivity index (χ2v) is 4.96. The third-order valence-electron chi connectivity index (χ3n) is 3.51. The molecule has 5 nitrogen and oxygen atoms in total. The molecule has 0 bridgehead atoms. The smallest absolute Gasteiger partial charge is 0.308 e. The highest BCUT2D eigenvalue weighted by atomic mass is 16.4. The predicted octanol–water partition coefficient (Wildman–Crippen LogP) is 1.69. The molecule has 5 heteroatoms. The summed E-state index contributed by atoms with van der Waals surface area (Å²) < 4.78 is 0. The lowest BCUT2D eigenvalue weighted by atomic mass is 9.97. The predicted molar refractivity (Wildman–Crippen MR) is 72.0 cm³/mol. The van der Waals surface area contributed by atoms with Gasteiger partial charge < -0.3 is 10.0 Å². The lowest BCUT2D eigenvalue weighted by molar-refractivity contribution is -0.143. The molecule has 0 unspecified atom stereocenters. The molecule has 1 atom stereocenters. The Hall–Kier alpha value is -2.35. The summed E-state index contributed by atoms with van der Waals surface area (Å²) in [6.45, 7) is 0.849. The maximum absolute atomic E-state index is 12.4. The Morgan fingerprint density at radius 2 is 2.25 bits per heavy atom. The number of hydrogen-bond donors (Lipinski definition) is 1. The molecule has 2 rings (SSSR count). The van der Waals surface area contributed by atoms with Crippen molar-refractivity contribution in [1.82, 2.24) is 4.90 Å². The molecule has 1 fully saturated rings. The number of hydrogen-bond acceptors (Lipinski definition) is 3. The Kier molecular flexibility index (Phi) is 4.36. The summed E-state index contributed by atoms with van der Waals surface area (Å²) in [4.78, 5) is 25.0. The van der Waals surface area contributed by atoms with Gasteiger partial charge in [-0.2, -0.15) is 5.26 Å². The van der Waals surface area contributed by atoms with Crippen LogP contribution in [-0.4, -0.2) is 35.0 Å². The molecule has 1 aromatic carbocycles. The van der Waals surface area contributed by atoms with Crippen LogP contribution in [0.5, 0.6) is 0 Å². The van der Waals surface area contributed by atoms with Gasteiger partial charge in [0.15, 0.2) is 0 Å². The molecule has 104 valence electrons. The van der Waals surface area contributed by atoms with E-state index in [2.05, 4.69) is 0 Å². The van der Waals surface area contributed by atoms with Crippen molar-refractivity contribution in [1.29, 1.82) is 5.26 Å². The Bertz CT molecular complexity index is 562. The van der Waals surface area contributed by atoms with Crippen molar-refractivity contribution >= 4 is 11.9 Å². The van der Waals surface area contributed by atoms with Crippen molar-refractivity contribution in [2.75, 3.05) is 13.1 Å². The summed E-state index contributed by atoms with van der Waals surface area (Å²) in [5.74, 6) is -1.48. The Labute approximate surface area is 117 Å². The van der Waals surface area contributed by atoms with Gasteiger partial charge in [-0.1, -0.05) is 12.1 Å². The number of likely N-dealkylation sites (tertiary alicyclic amines) is 1. The van der Waals surface area contributed by atoms with Crippen LogP contribution in [0.25, 0.3) is 0 Å². The van der Waals surface area contributed by atoms with E-state index < -0.39 is 11.9 Å². The molecule has 20 heavy (non-hydrogen) atoms. The van der Waals surface area contributed by atoms with Gasteiger partial charge in [0.25, 0.3) is 5.91 Å². The van der Waals surface area contributed by atoms with Crippen LogP contribution >= 0.6 is 0 Å². The number of carboxylic acids is 1. The van der Waals surface area contributed by atoms with Gasteiger partial charge in [-0.05, 0) is 30.5 Å². The zero-order valence-electron chi connectivity index (χ0n) is 11.1. The number of piperidine rings is 1. The van der Waals surface area contributed by atoms with Crippen LogP contribution in [0.4, 0.5) is 0 Å². The minimum Gasteiger partial charge on any atom is -0.481 e. The number of carboxylic acid groups (broad SMARTS) is 1. The van der Waals surface area contributed by atoms with Crippen LogP contribution in [0.3, 0.4) is 0 Å². The van der Waals surface area contributed by atoms with E-state index in [0.717, 1.165) is 5.56 Å². The lowest BCUT2D eigenvalue weighted by Gasteiger charge is -2.30. The number of aliphatic carboxylic acids is 1. The van der Waals surface area contributed by atoms with Crippen molar-refractivity contribution in [2.24, 2.45) is 5.92 Å². The van der Waals surface area contributed by atoms with Crippen molar-refractivity contribution in [3.8, 4) is 6.07 Å². The van der Waals surface area contributed by atoms with E-state index in [-0.39, 0.29) is 18.9 Å². The Balaban J connectivity index is 2.12. The largest absolute Gasteiger partial charge is 0.481 e. The lowest BCUT2D eigenvalue weighted by Crippen LogP contribution is -2.42. The molecule has 1 heterocycles. The van der Waals surface area contributed by atoms with Gasteiger partial charge >= 0.3 is 5.97 Å². The van der Waals surface area contributed by atoms with Crippen LogP contribution in [0, 0.1) is 17.2 Å². The zero-order chi connectivity index (χ0) is 14.5. The maximum atomic E-state index is 12.4. The normalized spacial score (nSPS) is 18.4. The summed E-state index contributed by atoms with van der Waals surface area (Å²) in [5, 5.41) is 17.7. The van der Waals surface area contributed by atoms with Crippen molar-refractivity contribution in [3.05, 3.63) is 35.4 Å². The first kappa shape index (κ1) is 14.1. The fraction of sp³-hybridized carbons (Fsp3) is 0.400. The summed E-state index contributed by atoms with van der Waals surface area (Å²) >= 11 is 0. The van der Waals surface area contributed by atoms with Crippen molar-refractivity contribution in [2.45, 2.75) is 19.3 Å². The van der Waals surface area contributed by atoms with E-state index >= 15 is 0 Å². The molecule has 1 aliphatic rings. The van der Waals surface area contributed by atoms with Gasteiger partial charge in [-0.3, -0.25) is 9.59 Å². The molecule has 0 spiro atoms. The molecule has 0 saturated carbocycles. The highest BCUT2D eigenvalue weighted by Gasteiger charge is 2.28. The van der Waals surface area contributed by atoms with Crippen LogP contribution in [-0.2, 0) is 11.2 Å². The van der Waals surface area contributed by atoms with Gasteiger partial charge in [0, 0.05) is 18.7 Å². The minimum atomic E-state index is -0.847. The summed E-state index contributed by atoms with van der Waals surface area (Å²) in [5.41, 5.74) is 1.31. The van der Waals surface area contributed by atoms with Crippen LogP contribution in [0.15, 0.2) is 24.3 Å². The molecule has 1 aromatic rings. The molecular weight excluding hydrogens is 256 g/mol. The summed E-state index contributed by atoms with van der Waals surface area (Å²) in [7, 11) is 0. The van der Waals surface area contributed by atoms with E-state index in [9.17, 15) is 9.59 Å². The van der Waals surface area contributed by atoms with Crippen molar-refractivity contribution in [3.63, 3.8) is 0 Å². The quantitative estimate of drug-likeness (QED) is 0.907. The number of benzene rings is 1. The molecule has 1 aliphatic heterocycles. The second-order valence-electron chi connectivity index (χ2n) is 4.96. The van der Waals surface area contributed by atoms with E-state index in [0.29, 0.717) is 24.9 Å². The molecule has 0 aliphatic carbocycles. The third kappa shape index (κ3) is 3.15. The first-order valence-electron chi connectivity index (χ1n) is 6.60. The van der Waals surface area contributed by atoms with Gasteiger partial charge in [0.05, 0.1) is 18.4 Å². The summed E-state index contributed by atoms with van der Waals surface area (Å²) in [6.07, 6.45) is 1.59. The SMILES string of the molecule is N#CCc1cccc(C(=O)N2CCC[C@@H](C(=O)O)C2)c1. The average Bonchev–Trinajstić information content (AvgIpc) is 2.47. The number of carbonyl (C=O) groups is 2. The van der Waals surface area contributed by atoms with E-state index in [1.54, 1.807) is 29.2 Å². The first-order chi connectivity index (χ1) is 9.61.